The van der Waals surface area contributed by atoms with E-state index in [1.54, 1.807) is 18.2 Å². The first-order valence-electron chi connectivity index (χ1n) is 4.03. The van der Waals surface area contributed by atoms with Gasteiger partial charge in [-0.2, -0.15) is 4.98 Å². The zero-order valence-electron chi connectivity index (χ0n) is 7.25. The van der Waals surface area contributed by atoms with Crippen LogP contribution in [0.4, 0.5) is 6.01 Å². The van der Waals surface area contributed by atoms with Gasteiger partial charge in [0, 0.05) is 11.1 Å². The summed E-state index contributed by atoms with van der Waals surface area (Å²) in [5, 5.41) is 3.47. The van der Waals surface area contributed by atoms with E-state index < -0.39 is 0 Å². The highest BCUT2D eigenvalue weighted by atomic mass is 35.5. The number of oxazole rings is 1. The second-order valence-electron chi connectivity index (χ2n) is 2.69. The topological polar surface area (TPSA) is 38.1 Å². The van der Waals surface area contributed by atoms with E-state index in [2.05, 4.69) is 16.2 Å². The zero-order valence-corrected chi connectivity index (χ0v) is 8.01. The molecule has 2 rings (SSSR count). The maximum Gasteiger partial charge on any atom is 0.296 e. The maximum absolute atomic E-state index is 5.79. The lowest BCUT2D eigenvalue weighted by atomic mass is 10.3. The van der Waals surface area contributed by atoms with Crippen molar-refractivity contribution >= 4 is 28.7 Å². The molecule has 1 heterocycles. The van der Waals surface area contributed by atoms with Crippen LogP contribution in [-0.2, 0) is 0 Å². The molecule has 0 amide bonds. The van der Waals surface area contributed by atoms with Gasteiger partial charge in [0.15, 0.2) is 5.58 Å². The van der Waals surface area contributed by atoms with Crippen LogP contribution in [0, 0.1) is 12.3 Å². The first kappa shape index (κ1) is 8.92. The molecule has 70 valence electrons. The Morgan fingerprint density at radius 2 is 2.43 bits per heavy atom. The van der Waals surface area contributed by atoms with Crippen molar-refractivity contribution in [2.75, 3.05) is 11.9 Å². The number of rotatable bonds is 2. The average molecular weight is 207 g/mol. The third-order valence-electron chi connectivity index (χ3n) is 1.69. The van der Waals surface area contributed by atoms with Crippen LogP contribution in [0.2, 0.25) is 5.02 Å². The highest BCUT2D eigenvalue weighted by Gasteiger charge is 2.04. The molecule has 0 saturated heterocycles. The Labute approximate surface area is 86.1 Å². The summed E-state index contributed by atoms with van der Waals surface area (Å²) in [6, 6.07) is 5.69. The number of hydrogen-bond donors (Lipinski definition) is 1. The summed E-state index contributed by atoms with van der Waals surface area (Å²) in [4.78, 5) is 4.16. The molecule has 0 fully saturated rings. The van der Waals surface area contributed by atoms with Crippen LogP contribution in [-0.4, -0.2) is 11.5 Å². The smallest absolute Gasteiger partial charge is 0.296 e. The predicted octanol–water partition coefficient (Wildman–Crippen LogP) is 2.53. The van der Waals surface area contributed by atoms with E-state index in [4.69, 9.17) is 22.4 Å². The Hall–Kier alpha value is -1.66. The molecule has 14 heavy (non-hydrogen) atoms. The van der Waals surface area contributed by atoms with Gasteiger partial charge >= 0.3 is 0 Å². The molecular weight excluding hydrogens is 200 g/mol. The van der Waals surface area contributed by atoms with Gasteiger partial charge in [0.25, 0.3) is 6.01 Å². The zero-order chi connectivity index (χ0) is 9.97. The predicted molar refractivity (Wildman–Crippen MR) is 56.3 cm³/mol. The van der Waals surface area contributed by atoms with Crippen molar-refractivity contribution in [3.8, 4) is 12.3 Å². The van der Waals surface area contributed by atoms with E-state index >= 15 is 0 Å². The normalized spacial score (nSPS) is 10.0. The molecule has 0 spiro atoms. The van der Waals surface area contributed by atoms with Gasteiger partial charge in [0.05, 0.1) is 6.54 Å². The first-order chi connectivity index (χ1) is 6.79. The lowest BCUT2D eigenvalue weighted by Gasteiger charge is -1.91. The summed E-state index contributed by atoms with van der Waals surface area (Å²) >= 11 is 5.79. The number of anilines is 1. The SMILES string of the molecule is C#CCNc1nc2ccc(Cl)cc2o1. The molecule has 2 aromatic rings. The molecule has 0 saturated carbocycles. The standard InChI is InChI=1S/C10H7ClN2O/c1-2-5-12-10-13-8-4-3-7(11)6-9(8)14-10/h1,3-4,6H,5H2,(H,12,13). The van der Waals surface area contributed by atoms with Crippen molar-refractivity contribution in [3.05, 3.63) is 23.2 Å². The van der Waals surface area contributed by atoms with Gasteiger partial charge in [-0.1, -0.05) is 17.5 Å². The Morgan fingerprint density at radius 1 is 1.57 bits per heavy atom. The number of nitrogens with one attached hydrogen (secondary N) is 1. The Kier molecular flexibility index (Phi) is 2.30. The van der Waals surface area contributed by atoms with Crippen LogP contribution in [0.25, 0.3) is 11.1 Å². The third kappa shape index (κ3) is 1.66. The van der Waals surface area contributed by atoms with E-state index in [1.165, 1.54) is 0 Å². The van der Waals surface area contributed by atoms with Crippen LogP contribution >= 0.6 is 11.6 Å². The van der Waals surface area contributed by atoms with Crippen molar-refractivity contribution in [3.63, 3.8) is 0 Å². The summed E-state index contributed by atoms with van der Waals surface area (Å²) in [7, 11) is 0. The van der Waals surface area contributed by atoms with Gasteiger partial charge in [-0.15, -0.1) is 6.42 Å². The fraction of sp³-hybridized carbons (Fsp3) is 0.100. The molecule has 3 nitrogen and oxygen atoms in total. The van der Waals surface area contributed by atoms with Gasteiger partial charge in [0.1, 0.15) is 5.52 Å². The minimum absolute atomic E-state index is 0.389. The summed E-state index contributed by atoms with van der Waals surface area (Å²) in [6.07, 6.45) is 5.09. The second-order valence-corrected chi connectivity index (χ2v) is 3.13. The molecule has 0 radical (unpaired) electrons. The summed E-state index contributed by atoms with van der Waals surface area (Å²) in [6.45, 7) is 0.389. The maximum atomic E-state index is 5.79. The number of halogens is 1. The summed E-state index contributed by atoms with van der Waals surface area (Å²) in [5.41, 5.74) is 1.41. The van der Waals surface area contributed by atoms with Crippen LogP contribution < -0.4 is 5.32 Å². The fourth-order valence-corrected chi connectivity index (χ4v) is 1.26. The quantitative estimate of drug-likeness (QED) is 0.768. The minimum atomic E-state index is 0.389. The number of nitrogens with zero attached hydrogens (tertiary/aromatic N) is 1. The minimum Gasteiger partial charge on any atom is -0.423 e. The number of benzene rings is 1. The van der Waals surface area contributed by atoms with Gasteiger partial charge in [-0.05, 0) is 12.1 Å². The van der Waals surface area contributed by atoms with Gasteiger partial charge < -0.3 is 9.73 Å². The van der Waals surface area contributed by atoms with Crippen LogP contribution in [0.1, 0.15) is 0 Å². The van der Waals surface area contributed by atoms with Crippen molar-refractivity contribution in [2.24, 2.45) is 0 Å². The number of hydrogen-bond acceptors (Lipinski definition) is 3. The highest BCUT2D eigenvalue weighted by Crippen LogP contribution is 2.21. The van der Waals surface area contributed by atoms with E-state index in [-0.39, 0.29) is 0 Å². The molecule has 1 aromatic carbocycles. The van der Waals surface area contributed by atoms with Crippen molar-refractivity contribution in [1.29, 1.82) is 0 Å². The van der Waals surface area contributed by atoms with E-state index in [0.29, 0.717) is 23.2 Å². The third-order valence-corrected chi connectivity index (χ3v) is 1.93. The van der Waals surface area contributed by atoms with Gasteiger partial charge in [-0.3, -0.25) is 0 Å². The largest absolute Gasteiger partial charge is 0.423 e. The lowest BCUT2D eigenvalue weighted by Crippen LogP contribution is -1.97. The van der Waals surface area contributed by atoms with Crippen molar-refractivity contribution < 1.29 is 4.42 Å². The monoisotopic (exact) mass is 206 g/mol. The molecule has 0 aliphatic heterocycles. The summed E-state index contributed by atoms with van der Waals surface area (Å²) < 4.78 is 5.35. The number of aromatic nitrogens is 1. The summed E-state index contributed by atoms with van der Waals surface area (Å²) in [5.74, 6) is 2.43. The molecule has 4 heteroatoms. The molecular formula is C10H7ClN2O. The van der Waals surface area contributed by atoms with E-state index in [9.17, 15) is 0 Å². The van der Waals surface area contributed by atoms with Gasteiger partial charge in [-0.25, -0.2) is 0 Å². The Morgan fingerprint density at radius 3 is 3.21 bits per heavy atom. The van der Waals surface area contributed by atoms with Crippen LogP contribution in [0.3, 0.4) is 0 Å². The molecule has 0 bridgehead atoms. The highest BCUT2D eigenvalue weighted by molar-refractivity contribution is 6.31. The lowest BCUT2D eigenvalue weighted by molar-refractivity contribution is 0.618. The fourth-order valence-electron chi connectivity index (χ4n) is 1.10. The number of fused-ring (bicyclic) bond motifs is 1. The molecule has 0 atom stereocenters. The Bertz CT molecular complexity index is 498. The molecule has 0 aliphatic rings. The van der Waals surface area contributed by atoms with Crippen molar-refractivity contribution in [2.45, 2.75) is 0 Å². The van der Waals surface area contributed by atoms with Crippen molar-refractivity contribution in [1.82, 2.24) is 4.98 Å². The molecule has 1 N–H and O–H groups in total. The van der Waals surface area contributed by atoms with Gasteiger partial charge in [0.2, 0.25) is 0 Å². The molecule has 0 unspecified atom stereocenters. The van der Waals surface area contributed by atoms with Crippen LogP contribution in [0.5, 0.6) is 0 Å². The van der Waals surface area contributed by atoms with E-state index in [0.717, 1.165) is 5.52 Å². The van der Waals surface area contributed by atoms with Crippen LogP contribution in [0.15, 0.2) is 22.6 Å². The van der Waals surface area contributed by atoms with E-state index in [1.807, 2.05) is 0 Å². The number of terminal acetylenes is 1. The molecule has 1 aromatic heterocycles. The molecule has 0 aliphatic carbocycles. The average Bonchev–Trinajstić information content (AvgIpc) is 2.56. The second kappa shape index (κ2) is 3.60. The Balaban J connectivity index is 2.37. The first-order valence-corrected chi connectivity index (χ1v) is 4.41.